The van der Waals surface area contributed by atoms with E-state index in [4.69, 9.17) is 0 Å². The molecule has 1 aromatic rings. The molecule has 0 aromatic carbocycles. The van der Waals surface area contributed by atoms with Crippen LogP contribution in [-0.2, 0) is 23.2 Å². The predicted octanol–water partition coefficient (Wildman–Crippen LogP) is 5.04. The molecule has 1 heterocycles. The zero-order valence-electron chi connectivity index (χ0n) is 19.2. The lowest BCUT2D eigenvalue weighted by Crippen LogP contribution is -2.48. The minimum absolute atomic E-state index is 0.128. The molecule has 168 valence electrons. The average molecular weight is 416 g/mol. The molecule has 3 rings (SSSR count). The van der Waals surface area contributed by atoms with Crippen LogP contribution >= 0.6 is 0 Å². The van der Waals surface area contributed by atoms with Gasteiger partial charge in [-0.2, -0.15) is 0 Å². The quantitative estimate of drug-likeness (QED) is 0.449. The predicted molar refractivity (Wildman–Crippen MR) is 121 cm³/mol. The highest BCUT2D eigenvalue weighted by molar-refractivity contribution is 5.85. The van der Waals surface area contributed by atoms with E-state index >= 15 is 0 Å². The summed E-state index contributed by atoms with van der Waals surface area (Å²) in [5.41, 5.74) is 1.15. The number of nitrogens with zero attached hydrogens (tertiary/aromatic N) is 3. The third-order valence-electron chi connectivity index (χ3n) is 6.83. The maximum atomic E-state index is 13.4. The van der Waals surface area contributed by atoms with Crippen molar-refractivity contribution >= 4 is 11.8 Å². The monoisotopic (exact) mass is 415 g/mol. The first-order chi connectivity index (χ1) is 14.6. The standard InChI is InChI=1S/C25H41N3O2/c1-3-4-5-6-10-15-24(29)28(21-12-8-7-9-13-21)20-25(30)27(22-16-17-22)19-23-14-11-18-26(23)2/h11,14,18,21-22H,3-10,12-13,15-17,19-20H2,1-2H3. The van der Waals surface area contributed by atoms with Crippen LogP contribution in [0.5, 0.6) is 0 Å². The number of rotatable bonds is 12. The van der Waals surface area contributed by atoms with Crippen LogP contribution in [0.3, 0.4) is 0 Å². The maximum absolute atomic E-state index is 13.4. The molecule has 0 radical (unpaired) electrons. The van der Waals surface area contributed by atoms with Crippen LogP contribution < -0.4 is 0 Å². The summed E-state index contributed by atoms with van der Waals surface area (Å²) in [6.45, 7) is 3.12. The van der Waals surface area contributed by atoms with Crippen molar-refractivity contribution in [3.05, 3.63) is 24.0 Å². The Labute approximate surface area is 182 Å². The van der Waals surface area contributed by atoms with Gasteiger partial charge in [0.15, 0.2) is 0 Å². The molecular formula is C25H41N3O2. The van der Waals surface area contributed by atoms with Crippen LogP contribution in [0.4, 0.5) is 0 Å². The fourth-order valence-electron chi connectivity index (χ4n) is 4.72. The third kappa shape index (κ3) is 6.61. The van der Waals surface area contributed by atoms with Gasteiger partial charge < -0.3 is 14.4 Å². The summed E-state index contributed by atoms with van der Waals surface area (Å²) in [4.78, 5) is 30.5. The van der Waals surface area contributed by atoms with Crippen LogP contribution in [-0.4, -0.2) is 44.8 Å². The van der Waals surface area contributed by atoms with Gasteiger partial charge >= 0.3 is 0 Å². The lowest BCUT2D eigenvalue weighted by molar-refractivity contribution is -0.144. The van der Waals surface area contributed by atoms with Gasteiger partial charge in [0.1, 0.15) is 6.54 Å². The molecule has 2 aliphatic rings. The fourth-order valence-corrected chi connectivity index (χ4v) is 4.72. The number of carbonyl (C=O) groups is 2. The van der Waals surface area contributed by atoms with E-state index in [2.05, 4.69) is 17.6 Å². The van der Waals surface area contributed by atoms with E-state index in [1.165, 1.54) is 38.5 Å². The fraction of sp³-hybridized carbons (Fsp3) is 0.760. The third-order valence-corrected chi connectivity index (χ3v) is 6.83. The SMILES string of the molecule is CCCCCCCC(=O)N(CC(=O)N(Cc1cccn1C)C1CC1)C1CCCCC1. The number of hydrogen-bond donors (Lipinski definition) is 0. The molecule has 2 fully saturated rings. The van der Waals surface area contributed by atoms with Gasteiger partial charge in [0, 0.05) is 37.4 Å². The van der Waals surface area contributed by atoms with E-state index in [1.54, 1.807) is 0 Å². The molecule has 2 saturated carbocycles. The van der Waals surface area contributed by atoms with Gasteiger partial charge in [-0.1, -0.05) is 51.9 Å². The normalized spacial score (nSPS) is 17.1. The first-order valence-corrected chi connectivity index (χ1v) is 12.3. The molecule has 0 spiro atoms. The zero-order valence-corrected chi connectivity index (χ0v) is 19.2. The summed E-state index contributed by atoms with van der Waals surface area (Å²) in [5.74, 6) is 0.324. The van der Waals surface area contributed by atoms with E-state index in [-0.39, 0.29) is 24.4 Å². The summed E-state index contributed by atoms with van der Waals surface area (Å²) >= 11 is 0. The van der Waals surface area contributed by atoms with E-state index in [0.717, 1.165) is 44.2 Å². The Morgan fingerprint density at radius 2 is 1.63 bits per heavy atom. The molecule has 2 aliphatic carbocycles. The molecule has 0 atom stereocenters. The van der Waals surface area contributed by atoms with Gasteiger partial charge in [-0.25, -0.2) is 0 Å². The molecule has 0 aliphatic heterocycles. The first-order valence-electron chi connectivity index (χ1n) is 12.3. The number of aryl methyl sites for hydroxylation is 1. The second kappa shape index (κ2) is 11.6. The van der Waals surface area contributed by atoms with Crippen molar-refractivity contribution in [3.8, 4) is 0 Å². The Morgan fingerprint density at radius 3 is 2.27 bits per heavy atom. The van der Waals surface area contributed by atoms with Gasteiger partial charge in [0.05, 0.1) is 6.54 Å². The molecule has 30 heavy (non-hydrogen) atoms. The molecule has 5 heteroatoms. The van der Waals surface area contributed by atoms with Crippen molar-refractivity contribution in [1.29, 1.82) is 0 Å². The first kappa shape index (κ1) is 22.9. The van der Waals surface area contributed by atoms with E-state index in [1.807, 2.05) is 29.1 Å². The topological polar surface area (TPSA) is 45.6 Å². The Balaban J connectivity index is 1.62. The average Bonchev–Trinajstić information content (AvgIpc) is 3.52. The minimum atomic E-state index is 0.128. The summed E-state index contributed by atoms with van der Waals surface area (Å²) in [7, 11) is 2.03. The zero-order chi connectivity index (χ0) is 21.3. The van der Waals surface area contributed by atoms with Crippen LogP contribution in [0.1, 0.15) is 96.1 Å². The van der Waals surface area contributed by atoms with Crippen molar-refractivity contribution in [2.24, 2.45) is 7.05 Å². The van der Waals surface area contributed by atoms with Crippen LogP contribution in [0.2, 0.25) is 0 Å². The van der Waals surface area contributed by atoms with Crippen molar-refractivity contribution in [1.82, 2.24) is 14.4 Å². The summed E-state index contributed by atoms with van der Waals surface area (Å²) < 4.78 is 2.09. The Hall–Kier alpha value is -1.78. The maximum Gasteiger partial charge on any atom is 0.242 e. The number of hydrogen-bond acceptors (Lipinski definition) is 2. The number of aromatic nitrogens is 1. The van der Waals surface area contributed by atoms with Crippen molar-refractivity contribution < 1.29 is 9.59 Å². The van der Waals surface area contributed by atoms with Crippen molar-refractivity contribution in [3.63, 3.8) is 0 Å². The number of unbranched alkanes of at least 4 members (excludes halogenated alkanes) is 4. The van der Waals surface area contributed by atoms with E-state index in [0.29, 0.717) is 19.0 Å². The van der Waals surface area contributed by atoms with Gasteiger partial charge in [-0.3, -0.25) is 9.59 Å². The molecule has 0 bridgehead atoms. The molecule has 0 N–H and O–H groups in total. The minimum Gasteiger partial charge on any atom is -0.353 e. The van der Waals surface area contributed by atoms with Gasteiger partial charge in [-0.05, 0) is 44.2 Å². The molecule has 1 aromatic heterocycles. The van der Waals surface area contributed by atoms with Crippen molar-refractivity contribution in [2.75, 3.05) is 6.54 Å². The largest absolute Gasteiger partial charge is 0.353 e. The van der Waals surface area contributed by atoms with Crippen LogP contribution in [0.15, 0.2) is 18.3 Å². The molecule has 5 nitrogen and oxygen atoms in total. The van der Waals surface area contributed by atoms with Crippen LogP contribution in [0.25, 0.3) is 0 Å². The van der Waals surface area contributed by atoms with Gasteiger partial charge in [-0.15, -0.1) is 0 Å². The smallest absolute Gasteiger partial charge is 0.242 e. The summed E-state index contributed by atoms with van der Waals surface area (Å²) in [6.07, 6.45) is 16.2. The second-order valence-electron chi connectivity index (χ2n) is 9.34. The lowest BCUT2D eigenvalue weighted by atomic mass is 9.93. The van der Waals surface area contributed by atoms with Crippen LogP contribution in [0, 0.1) is 0 Å². The molecule has 0 saturated heterocycles. The second-order valence-corrected chi connectivity index (χ2v) is 9.34. The lowest BCUT2D eigenvalue weighted by Gasteiger charge is -2.35. The summed E-state index contributed by atoms with van der Waals surface area (Å²) in [5, 5.41) is 0. The summed E-state index contributed by atoms with van der Waals surface area (Å²) in [6, 6.07) is 4.72. The van der Waals surface area contributed by atoms with E-state index in [9.17, 15) is 9.59 Å². The highest BCUT2D eigenvalue weighted by Gasteiger charge is 2.35. The Kier molecular flexibility index (Phi) is 8.83. The highest BCUT2D eigenvalue weighted by atomic mass is 16.2. The van der Waals surface area contributed by atoms with E-state index < -0.39 is 0 Å². The van der Waals surface area contributed by atoms with Gasteiger partial charge in [0.2, 0.25) is 11.8 Å². The number of amides is 2. The molecule has 0 unspecified atom stereocenters. The Bertz CT molecular complexity index is 674. The number of carbonyl (C=O) groups excluding carboxylic acids is 2. The molecule has 2 amide bonds. The highest BCUT2D eigenvalue weighted by Crippen LogP contribution is 2.30. The Morgan fingerprint density at radius 1 is 0.933 bits per heavy atom. The molecular weight excluding hydrogens is 374 g/mol. The van der Waals surface area contributed by atoms with Crippen molar-refractivity contribution in [2.45, 2.75) is 109 Å². The van der Waals surface area contributed by atoms with Gasteiger partial charge in [0.25, 0.3) is 0 Å².